The summed E-state index contributed by atoms with van der Waals surface area (Å²) in [7, 11) is 0. The molecule has 2 bridgehead atoms. The van der Waals surface area contributed by atoms with Gasteiger partial charge in [-0.2, -0.15) is 0 Å². The van der Waals surface area contributed by atoms with E-state index in [1.54, 1.807) is 17.9 Å². The van der Waals surface area contributed by atoms with Crippen LogP contribution in [0.15, 0.2) is 35.3 Å². The van der Waals surface area contributed by atoms with Crippen molar-refractivity contribution in [1.82, 2.24) is 19.8 Å². The van der Waals surface area contributed by atoms with Gasteiger partial charge in [0.15, 0.2) is 17.3 Å². The molecule has 1 aromatic carbocycles. The third-order valence-electron chi connectivity index (χ3n) is 7.92. The summed E-state index contributed by atoms with van der Waals surface area (Å²) >= 11 is 0. The molecule has 2 N–H and O–H groups in total. The number of hydrogen-bond donors (Lipinski definition) is 2. The number of carboxylic acid groups (broad SMARTS) is 1. The summed E-state index contributed by atoms with van der Waals surface area (Å²) in [5, 5.41) is 12.2. The van der Waals surface area contributed by atoms with Gasteiger partial charge in [0.25, 0.3) is 5.91 Å². The number of nitrogens with one attached hydrogen (secondary N) is 1. The normalized spacial score (nSPS) is 24.1. The Labute approximate surface area is 214 Å². The fourth-order valence-corrected chi connectivity index (χ4v) is 5.86. The first-order valence-electron chi connectivity index (χ1n) is 12.3. The first-order chi connectivity index (χ1) is 18.0. The van der Waals surface area contributed by atoms with Crippen molar-refractivity contribution in [3.05, 3.63) is 63.7 Å². The van der Waals surface area contributed by atoms with E-state index >= 15 is 0 Å². The summed E-state index contributed by atoms with van der Waals surface area (Å²) < 4.78 is 44.6. The third kappa shape index (κ3) is 3.77. The van der Waals surface area contributed by atoms with Gasteiger partial charge in [0, 0.05) is 49.5 Å². The second-order valence-electron chi connectivity index (χ2n) is 10.5. The van der Waals surface area contributed by atoms with Gasteiger partial charge in [-0.25, -0.2) is 22.9 Å². The number of piperazine rings is 1. The zero-order valence-electron chi connectivity index (χ0n) is 20.4. The molecule has 0 spiro atoms. The van der Waals surface area contributed by atoms with Gasteiger partial charge < -0.3 is 20.2 Å². The number of anilines is 1. The fourth-order valence-electron chi connectivity index (χ4n) is 5.86. The smallest absolute Gasteiger partial charge is 0.407 e. The zero-order valence-corrected chi connectivity index (χ0v) is 20.4. The highest BCUT2D eigenvalue weighted by Crippen LogP contribution is 2.57. The number of benzene rings is 1. The predicted octanol–water partition coefficient (Wildman–Crippen LogP) is 3.27. The van der Waals surface area contributed by atoms with Crippen LogP contribution in [0.4, 0.5) is 23.8 Å². The molecule has 1 atom stereocenters. The van der Waals surface area contributed by atoms with Crippen LogP contribution in [0.3, 0.4) is 0 Å². The molecule has 38 heavy (non-hydrogen) atoms. The molecule has 4 fully saturated rings. The number of fused-ring (bicyclic) bond motifs is 1. The largest absolute Gasteiger partial charge is 0.465 e. The lowest BCUT2D eigenvalue weighted by atomic mass is 9.50. The first kappa shape index (κ1) is 24.3. The molecule has 3 aromatic rings. The minimum Gasteiger partial charge on any atom is -0.465 e. The molecule has 1 unspecified atom stereocenters. The van der Waals surface area contributed by atoms with Gasteiger partial charge in [0.2, 0.25) is 5.43 Å². The molecule has 2 amide bonds. The molecule has 0 radical (unpaired) electrons. The summed E-state index contributed by atoms with van der Waals surface area (Å²) in [5.74, 6) is -3.28. The molecule has 4 aliphatic rings. The molecular formula is C26H24F3N5O4. The molecule has 1 saturated heterocycles. The van der Waals surface area contributed by atoms with E-state index in [2.05, 4.69) is 10.3 Å². The van der Waals surface area contributed by atoms with E-state index in [-0.39, 0.29) is 34.7 Å². The second-order valence-corrected chi connectivity index (χ2v) is 10.5. The Balaban J connectivity index is 1.48. The number of hydrogen-bond acceptors (Lipinski definition) is 5. The van der Waals surface area contributed by atoms with Crippen LogP contribution in [0.2, 0.25) is 0 Å². The maximum atomic E-state index is 14.9. The molecule has 3 saturated carbocycles. The Morgan fingerprint density at radius 1 is 1.11 bits per heavy atom. The molecule has 12 heteroatoms. The molecule has 9 nitrogen and oxygen atoms in total. The van der Waals surface area contributed by atoms with Crippen LogP contribution < -0.4 is 15.6 Å². The number of amides is 2. The van der Waals surface area contributed by atoms with E-state index in [1.165, 1.54) is 11.0 Å². The van der Waals surface area contributed by atoms with Crippen molar-refractivity contribution in [2.75, 3.05) is 24.5 Å². The lowest BCUT2D eigenvalue weighted by Gasteiger charge is -2.61. The van der Waals surface area contributed by atoms with E-state index in [4.69, 9.17) is 0 Å². The highest BCUT2D eigenvalue weighted by Gasteiger charge is 2.57. The predicted molar refractivity (Wildman–Crippen MR) is 131 cm³/mol. The maximum Gasteiger partial charge on any atom is 0.407 e. The SMILES string of the molecule is CC1CN(c2ccc3c(=O)c(C(=O)NC45CC(C4)C5)cn(-c4c(F)cc(F)cc4F)c3n2)CCN1C(=O)O. The van der Waals surface area contributed by atoms with Gasteiger partial charge in [-0.1, -0.05) is 0 Å². The molecular weight excluding hydrogens is 503 g/mol. The van der Waals surface area contributed by atoms with Crippen LogP contribution in [0.5, 0.6) is 0 Å². The molecule has 2 aromatic heterocycles. The van der Waals surface area contributed by atoms with Crippen molar-refractivity contribution in [2.24, 2.45) is 5.92 Å². The monoisotopic (exact) mass is 527 g/mol. The quantitative estimate of drug-likeness (QED) is 0.540. The van der Waals surface area contributed by atoms with Gasteiger partial charge in [0.05, 0.1) is 5.39 Å². The van der Waals surface area contributed by atoms with Crippen LogP contribution in [0.1, 0.15) is 36.5 Å². The van der Waals surface area contributed by atoms with Crippen molar-refractivity contribution in [3.63, 3.8) is 0 Å². The van der Waals surface area contributed by atoms with E-state index in [0.717, 1.165) is 30.0 Å². The van der Waals surface area contributed by atoms with E-state index in [1.807, 2.05) is 0 Å². The number of carbonyl (C=O) groups is 2. The van der Waals surface area contributed by atoms with Gasteiger partial charge in [-0.3, -0.25) is 14.2 Å². The Kier molecular flexibility index (Phi) is 5.41. The van der Waals surface area contributed by atoms with Crippen LogP contribution in [-0.2, 0) is 0 Å². The number of aromatic nitrogens is 2. The first-order valence-corrected chi connectivity index (χ1v) is 12.3. The van der Waals surface area contributed by atoms with E-state index in [0.29, 0.717) is 37.0 Å². The Morgan fingerprint density at radius 3 is 2.37 bits per heavy atom. The van der Waals surface area contributed by atoms with Crippen molar-refractivity contribution in [2.45, 2.75) is 37.8 Å². The molecule has 1 aliphatic heterocycles. The Bertz CT molecular complexity index is 1530. The van der Waals surface area contributed by atoms with Crippen LogP contribution in [0.25, 0.3) is 16.7 Å². The Morgan fingerprint density at radius 2 is 1.79 bits per heavy atom. The summed E-state index contributed by atoms with van der Waals surface area (Å²) in [4.78, 5) is 45.6. The number of nitrogens with zero attached hydrogens (tertiary/aromatic N) is 4. The molecule has 3 heterocycles. The number of carbonyl (C=O) groups excluding carboxylic acids is 1. The lowest BCUT2D eigenvalue weighted by Crippen LogP contribution is -2.68. The van der Waals surface area contributed by atoms with Crippen LogP contribution in [-0.4, -0.2) is 62.8 Å². The number of rotatable bonds is 4. The van der Waals surface area contributed by atoms with Gasteiger partial charge in [0.1, 0.15) is 22.9 Å². The van der Waals surface area contributed by atoms with Crippen molar-refractivity contribution < 1.29 is 27.9 Å². The number of pyridine rings is 2. The van der Waals surface area contributed by atoms with Crippen molar-refractivity contribution in [3.8, 4) is 5.69 Å². The van der Waals surface area contributed by atoms with Gasteiger partial charge in [-0.15, -0.1) is 0 Å². The van der Waals surface area contributed by atoms with Gasteiger partial charge in [-0.05, 0) is 44.2 Å². The minimum atomic E-state index is -1.23. The van der Waals surface area contributed by atoms with E-state index < -0.39 is 40.6 Å². The second kappa shape index (κ2) is 8.47. The molecule has 7 rings (SSSR count). The van der Waals surface area contributed by atoms with Crippen molar-refractivity contribution in [1.29, 1.82) is 0 Å². The fraction of sp³-hybridized carbons (Fsp3) is 0.385. The van der Waals surface area contributed by atoms with Gasteiger partial charge >= 0.3 is 6.09 Å². The maximum absolute atomic E-state index is 14.9. The average molecular weight is 528 g/mol. The molecule has 3 aliphatic carbocycles. The number of halogens is 3. The van der Waals surface area contributed by atoms with Crippen LogP contribution >= 0.6 is 0 Å². The topological polar surface area (TPSA) is 108 Å². The van der Waals surface area contributed by atoms with Crippen LogP contribution in [0, 0.1) is 23.4 Å². The van der Waals surface area contributed by atoms with Crippen molar-refractivity contribution >= 4 is 28.9 Å². The summed E-state index contributed by atoms with van der Waals surface area (Å²) in [6.45, 7) is 2.57. The average Bonchev–Trinajstić information content (AvgIpc) is 2.80. The Hall–Kier alpha value is -4.09. The van der Waals surface area contributed by atoms with E-state index in [9.17, 15) is 32.7 Å². The lowest BCUT2D eigenvalue weighted by molar-refractivity contribution is -0.0438. The minimum absolute atomic E-state index is 0.0423. The summed E-state index contributed by atoms with van der Waals surface area (Å²) in [6, 6.07) is 3.66. The summed E-state index contributed by atoms with van der Waals surface area (Å²) in [5.41, 5.74) is -2.08. The zero-order chi connectivity index (χ0) is 26.9. The third-order valence-corrected chi connectivity index (χ3v) is 7.92. The summed E-state index contributed by atoms with van der Waals surface area (Å²) in [6.07, 6.45) is 2.51. The molecule has 198 valence electrons. The highest BCUT2D eigenvalue weighted by atomic mass is 19.1. The standard InChI is InChI=1S/C26H24F3N5O4/c1-13-11-32(4-5-33(13)25(37)38)20-3-2-16-22(35)17(24(36)31-26-8-14(9-26)10-26)12-34(23(16)30-20)21-18(28)6-15(27)7-19(21)29/h2-3,6-7,12-14H,4-5,8-11H2,1H3,(H,31,36)(H,37,38). The highest BCUT2D eigenvalue weighted by molar-refractivity contribution is 5.98.